The highest BCUT2D eigenvalue weighted by atomic mass is 32.1. The minimum Gasteiger partial charge on any atom is -0.490 e. The van der Waals surface area contributed by atoms with Gasteiger partial charge in [0.2, 0.25) is 5.88 Å². The fourth-order valence-electron chi connectivity index (χ4n) is 3.20. The largest absolute Gasteiger partial charge is 0.490 e. The Labute approximate surface area is 198 Å². The van der Waals surface area contributed by atoms with Crippen molar-refractivity contribution in [3.8, 4) is 11.6 Å². The summed E-state index contributed by atoms with van der Waals surface area (Å²) in [6, 6.07) is 9.64. The molecule has 2 heterocycles. The number of likely N-dealkylation sites (tertiary alicyclic amines) is 1. The number of carbonyl (C=O) groups excluding carboxylic acids is 1. The summed E-state index contributed by atoms with van der Waals surface area (Å²) in [5, 5.41) is 15.6. The van der Waals surface area contributed by atoms with E-state index in [0.717, 1.165) is 0 Å². The van der Waals surface area contributed by atoms with Gasteiger partial charge in [-0.25, -0.2) is 14.6 Å². The highest BCUT2D eigenvalue weighted by molar-refractivity contribution is 7.80. The van der Waals surface area contributed by atoms with Crippen LogP contribution in [0, 0.1) is 0 Å². The van der Waals surface area contributed by atoms with Crippen LogP contribution in [0.25, 0.3) is 0 Å². The lowest BCUT2D eigenvalue weighted by atomic mass is 10.1. The minimum absolute atomic E-state index is 0.0567. The molecule has 0 atom stereocenters. The number of amides is 1. The topological polar surface area (TPSA) is 113 Å². The molecule has 1 fully saturated rings. The van der Waals surface area contributed by atoms with E-state index in [1.54, 1.807) is 35.4 Å². The van der Waals surface area contributed by atoms with Crippen molar-refractivity contribution in [1.82, 2.24) is 15.2 Å². The monoisotopic (exact) mass is 472 g/mol. The molecule has 1 aromatic heterocycles. The van der Waals surface area contributed by atoms with Gasteiger partial charge < -0.3 is 30.1 Å². The summed E-state index contributed by atoms with van der Waals surface area (Å²) < 4.78 is 11.3. The number of rotatable bonds is 5. The number of hydrogen-bond donors (Lipinski definition) is 3. The summed E-state index contributed by atoms with van der Waals surface area (Å²) >= 11 is 5.26. The normalized spacial score (nSPS) is 14.3. The molecular formula is C23H28N4O5S. The zero-order valence-corrected chi connectivity index (χ0v) is 19.6. The van der Waals surface area contributed by atoms with Crippen molar-refractivity contribution in [2.45, 2.75) is 45.3 Å². The van der Waals surface area contributed by atoms with Gasteiger partial charge >= 0.3 is 12.1 Å². The number of hydrogen-bond acceptors (Lipinski definition) is 6. The number of carbonyl (C=O) groups is 2. The van der Waals surface area contributed by atoms with E-state index in [2.05, 4.69) is 15.6 Å². The maximum absolute atomic E-state index is 12.5. The van der Waals surface area contributed by atoms with Crippen molar-refractivity contribution in [3.63, 3.8) is 0 Å². The van der Waals surface area contributed by atoms with E-state index in [-0.39, 0.29) is 23.1 Å². The minimum atomic E-state index is -0.977. The summed E-state index contributed by atoms with van der Waals surface area (Å²) in [5.41, 5.74) is 0.740. The zero-order chi connectivity index (χ0) is 24.0. The number of nitrogens with one attached hydrogen (secondary N) is 2. The van der Waals surface area contributed by atoms with E-state index in [1.807, 2.05) is 20.8 Å². The molecule has 1 amide bonds. The van der Waals surface area contributed by atoms with Gasteiger partial charge in [0.1, 0.15) is 11.9 Å². The van der Waals surface area contributed by atoms with Crippen LogP contribution in [-0.4, -0.2) is 56.9 Å². The second kappa shape index (κ2) is 10.5. The SMILES string of the molecule is CC(C)(C)NC(=S)Nc1ccc(OC(=O)N2CCC(Oc3ccc(C(=O)O)cc3)CC2)nc1. The third-order valence-electron chi connectivity index (χ3n) is 4.78. The first-order valence-electron chi connectivity index (χ1n) is 10.6. The van der Waals surface area contributed by atoms with E-state index in [9.17, 15) is 9.59 Å². The summed E-state index contributed by atoms with van der Waals surface area (Å²) in [4.78, 5) is 29.2. The number of pyridine rings is 1. The molecule has 1 aliphatic heterocycles. The molecule has 0 saturated carbocycles. The highest BCUT2D eigenvalue weighted by Gasteiger charge is 2.25. The molecule has 1 saturated heterocycles. The van der Waals surface area contributed by atoms with E-state index < -0.39 is 12.1 Å². The first-order valence-corrected chi connectivity index (χ1v) is 11.0. The number of benzene rings is 1. The fraction of sp³-hybridized carbons (Fsp3) is 0.391. The number of aromatic nitrogens is 1. The predicted octanol–water partition coefficient (Wildman–Crippen LogP) is 3.91. The standard InChI is InChI=1S/C23H28N4O5S/c1-23(2,3)26-21(33)25-16-6-9-19(24-14-16)32-22(30)27-12-10-18(11-13-27)31-17-7-4-15(5-8-17)20(28)29/h4-9,14,18H,10-13H2,1-3H3,(H,28,29)(H2,25,26,33). The number of piperidine rings is 1. The van der Waals surface area contributed by atoms with Gasteiger partial charge in [0.05, 0.1) is 17.4 Å². The molecule has 2 aromatic rings. The van der Waals surface area contributed by atoms with Gasteiger partial charge in [-0.15, -0.1) is 0 Å². The Morgan fingerprint density at radius 3 is 2.33 bits per heavy atom. The van der Waals surface area contributed by atoms with Crippen molar-refractivity contribution in [1.29, 1.82) is 0 Å². The van der Waals surface area contributed by atoms with Crippen molar-refractivity contribution < 1.29 is 24.2 Å². The molecule has 1 aliphatic rings. The lowest BCUT2D eigenvalue weighted by molar-refractivity contribution is 0.0696. The third-order valence-corrected chi connectivity index (χ3v) is 4.98. The second-order valence-corrected chi connectivity index (χ2v) is 9.12. The van der Waals surface area contributed by atoms with Crippen LogP contribution in [0.4, 0.5) is 10.5 Å². The first kappa shape index (κ1) is 24.2. The molecule has 9 nitrogen and oxygen atoms in total. The Morgan fingerprint density at radius 1 is 1.12 bits per heavy atom. The summed E-state index contributed by atoms with van der Waals surface area (Å²) in [5.74, 6) is -0.164. The van der Waals surface area contributed by atoms with Gasteiger partial charge in [-0.2, -0.15) is 0 Å². The van der Waals surface area contributed by atoms with Gasteiger partial charge in [-0.1, -0.05) is 0 Å². The lowest BCUT2D eigenvalue weighted by Gasteiger charge is -2.31. The molecule has 3 N–H and O–H groups in total. The smallest absolute Gasteiger partial charge is 0.416 e. The van der Waals surface area contributed by atoms with E-state index in [4.69, 9.17) is 26.8 Å². The van der Waals surface area contributed by atoms with Gasteiger partial charge in [-0.3, -0.25) is 0 Å². The lowest BCUT2D eigenvalue weighted by Crippen LogP contribution is -2.43. The van der Waals surface area contributed by atoms with Gasteiger partial charge in [0.25, 0.3) is 0 Å². The van der Waals surface area contributed by atoms with Crippen LogP contribution < -0.4 is 20.1 Å². The Hall–Kier alpha value is -3.40. The van der Waals surface area contributed by atoms with E-state index >= 15 is 0 Å². The summed E-state index contributed by atoms with van der Waals surface area (Å²) in [6.07, 6.45) is 2.32. The molecule has 0 aliphatic carbocycles. The molecule has 3 rings (SSSR count). The fourth-order valence-corrected chi connectivity index (χ4v) is 3.62. The van der Waals surface area contributed by atoms with Crippen molar-refractivity contribution >= 4 is 35.1 Å². The van der Waals surface area contributed by atoms with Crippen LogP contribution in [0.3, 0.4) is 0 Å². The molecule has 0 radical (unpaired) electrons. The van der Waals surface area contributed by atoms with Crippen LogP contribution in [0.1, 0.15) is 44.0 Å². The molecular weight excluding hydrogens is 444 g/mol. The Bertz CT molecular complexity index is 981. The van der Waals surface area contributed by atoms with Crippen LogP contribution in [0.15, 0.2) is 42.6 Å². The molecule has 0 spiro atoms. The number of ether oxygens (including phenoxy) is 2. The second-order valence-electron chi connectivity index (χ2n) is 8.72. The van der Waals surface area contributed by atoms with Gasteiger partial charge in [-0.05, 0) is 63.3 Å². The molecule has 176 valence electrons. The Kier molecular flexibility index (Phi) is 7.70. The quantitative estimate of drug-likeness (QED) is 0.558. The average Bonchev–Trinajstić information content (AvgIpc) is 2.74. The van der Waals surface area contributed by atoms with Gasteiger partial charge in [0, 0.05) is 37.5 Å². The zero-order valence-electron chi connectivity index (χ0n) is 18.8. The van der Waals surface area contributed by atoms with Crippen LogP contribution in [0.5, 0.6) is 11.6 Å². The number of thiocarbonyl (C=S) groups is 1. The highest BCUT2D eigenvalue weighted by Crippen LogP contribution is 2.21. The summed E-state index contributed by atoms with van der Waals surface area (Å²) in [7, 11) is 0. The Balaban J connectivity index is 1.44. The van der Waals surface area contributed by atoms with Crippen LogP contribution in [0.2, 0.25) is 0 Å². The Morgan fingerprint density at radius 2 is 1.79 bits per heavy atom. The molecule has 33 heavy (non-hydrogen) atoms. The predicted molar refractivity (Wildman–Crippen MR) is 128 cm³/mol. The number of carboxylic acids is 1. The average molecular weight is 473 g/mol. The van der Waals surface area contributed by atoms with Crippen LogP contribution >= 0.6 is 12.2 Å². The van der Waals surface area contributed by atoms with Crippen molar-refractivity contribution in [2.24, 2.45) is 0 Å². The van der Waals surface area contributed by atoms with E-state index in [0.29, 0.717) is 42.5 Å². The number of aromatic carboxylic acids is 1. The number of carboxylic acid groups (broad SMARTS) is 1. The third kappa shape index (κ3) is 7.60. The van der Waals surface area contributed by atoms with Crippen molar-refractivity contribution in [2.75, 3.05) is 18.4 Å². The molecule has 1 aromatic carbocycles. The van der Waals surface area contributed by atoms with Crippen molar-refractivity contribution in [3.05, 3.63) is 48.2 Å². The molecule has 0 bridgehead atoms. The molecule has 0 unspecified atom stereocenters. The van der Waals surface area contributed by atoms with E-state index in [1.165, 1.54) is 12.1 Å². The number of anilines is 1. The number of nitrogens with zero attached hydrogens (tertiary/aromatic N) is 2. The maximum atomic E-state index is 12.5. The maximum Gasteiger partial charge on any atom is 0.416 e. The molecule has 10 heteroatoms. The summed E-state index contributed by atoms with van der Waals surface area (Å²) in [6.45, 7) is 7.01. The van der Waals surface area contributed by atoms with Crippen LogP contribution in [-0.2, 0) is 0 Å². The van der Waals surface area contributed by atoms with Gasteiger partial charge in [0.15, 0.2) is 5.11 Å². The first-order chi connectivity index (χ1) is 15.6.